The summed E-state index contributed by atoms with van der Waals surface area (Å²) in [5, 5.41) is 16.4. The molecule has 0 aromatic heterocycles. The summed E-state index contributed by atoms with van der Waals surface area (Å²) in [6, 6.07) is 3.51. The quantitative estimate of drug-likeness (QED) is 0.797. The Balaban J connectivity index is 2.22. The minimum absolute atomic E-state index is 0.0435. The summed E-state index contributed by atoms with van der Waals surface area (Å²) < 4.78 is 0. The molecule has 4 nitrogen and oxygen atoms in total. The predicted octanol–water partition coefficient (Wildman–Crippen LogP) is 2.53. The lowest BCUT2D eigenvalue weighted by molar-refractivity contribution is -0.138. The number of aliphatic carboxylic acids is 1. The lowest BCUT2D eigenvalue weighted by atomic mass is 9.88. The van der Waals surface area contributed by atoms with Gasteiger partial charge in [0.05, 0.1) is 22.7 Å². The maximum Gasteiger partial charge on any atom is 0.305 e. The van der Waals surface area contributed by atoms with Crippen LogP contribution in [0.15, 0.2) is 12.1 Å². The summed E-state index contributed by atoms with van der Waals surface area (Å²) in [7, 11) is 0. The van der Waals surface area contributed by atoms with E-state index >= 15 is 0 Å². The van der Waals surface area contributed by atoms with E-state index in [0.717, 1.165) is 5.56 Å². The van der Waals surface area contributed by atoms with Gasteiger partial charge in [-0.05, 0) is 24.6 Å². The number of rotatable bonds is 4. The van der Waals surface area contributed by atoms with E-state index in [0.29, 0.717) is 28.8 Å². The van der Waals surface area contributed by atoms with Crippen molar-refractivity contribution < 1.29 is 9.90 Å². The number of aryl methyl sites for hydroxylation is 1. The zero-order valence-electron chi connectivity index (χ0n) is 9.89. The zero-order chi connectivity index (χ0) is 13.3. The Kier molecular flexibility index (Phi) is 3.71. The van der Waals surface area contributed by atoms with Gasteiger partial charge in [-0.1, -0.05) is 23.2 Å². The topological polar surface area (TPSA) is 61.4 Å². The van der Waals surface area contributed by atoms with Gasteiger partial charge in [-0.15, -0.1) is 0 Å². The Morgan fingerprint density at radius 3 is 2.61 bits per heavy atom. The molecule has 18 heavy (non-hydrogen) atoms. The van der Waals surface area contributed by atoms with Gasteiger partial charge < -0.3 is 15.7 Å². The molecule has 2 rings (SSSR count). The number of benzene rings is 1. The molecule has 6 heteroatoms. The molecule has 1 fully saturated rings. The molecule has 0 spiro atoms. The Hall–Kier alpha value is -0.970. The molecule has 0 atom stereocenters. The number of nitrogens with one attached hydrogen (secondary N) is 2. The third-order valence-electron chi connectivity index (χ3n) is 3.06. The average Bonchev–Trinajstić information content (AvgIpc) is 2.22. The second kappa shape index (κ2) is 4.96. The number of halogens is 2. The number of hydrogen-bond acceptors (Lipinski definition) is 3. The number of anilines is 1. The summed E-state index contributed by atoms with van der Waals surface area (Å²) in [6.07, 6.45) is 0.0435. The van der Waals surface area contributed by atoms with E-state index in [1.165, 1.54) is 0 Å². The van der Waals surface area contributed by atoms with Gasteiger partial charge in [-0.3, -0.25) is 4.79 Å². The van der Waals surface area contributed by atoms with Gasteiger partial charge in [0.2, 0.25) is 0 Å². The fourth-order valence-corrected chi connectivity index (χ4v) is 2.43. The molecule has 0 aliphatic carbocycles. The second-order valence-electron chi connectivity index (χ2n) is 4.66. The number of carbonyl (C=O) groups is 1. The maximum absolute atomic E-state index is 10.9. The molecule has 0 radical (unpaired) electrons. The summed E-state index contributed by atoms with van der Waals surface area (Å²) >= 11 is 12.2. The van der Waals surface area contributed by atoms with E-state index in [1.54, 1.807) is 12.1 Å². The van der Waals surface area contributed by atoms with E-state index in [9.17, 15) is 4.79 Å². The van der Waals surface area contributed by atoms with Crippen molar-refractivity contribution in [1.29, 1.82) is 0 Å². The van der Waals surface area contributed by atoms with Gasteiger partial charge in [0.1, 0.15) is 0 Å². The van der Waals surface area contributed by atoms with Gasteiger partial charge in [-0.2, -0.15) is 0 Å². The third-order valence-corrected chi connectivity index (χ3v) is 3.78. The number of carboxylic acid groups (broad SMARTS) is 1. The highest BCUT2D eigenvalue weighted by atomic mass is 35.5. The molecule has 1 aromatic carbocycles. The van der Waals surface area contributed by atoms with Gasteiger partial charge in [0.15, 0.2) is 0 Å². The Labute approximate surface area is 115 Å². The van der Waals surface area contributed by atoms with Crippen molar-refractivity contribution in [3.63, 3.8) is 0 Å². The van der Waals surface area contributed by atoms with Crippen LogP contribution in [0.1, 0.15) is 12.0 Å². The standard InChI is InChI=1S/C12H14Cl2N2O2/c1-7-2-9(14)10(3-8(7)13)16-12(4-11(17)18)5-15-6-12/h2-3,15-16H,4-6H2,1H3,(H,17,18). The van der Waals surface area contributed by atoms with E-state index < -0.39 is 11.5 Å². The first-order chi connectivity index (χ1) is 8.42. The summed E-state index contributed by atoms with van der Waals surface area (Å²) in [4.78, 5) is 10.9. The average molecular weight is 289 g/mol. The van der Waals surface area contributed by atoms with Gasteiger partial charge in [0, 0.05) is 18.1 Å². The minimum atomic E-state index is -0.835. The molecule has 1 aliphatic rings. The van der Waals surface area contributed by atoms with Crippen molar-refractivity contribution in [2.45, 2.75) is 18.9 Å². The summed E-state index contributed by atoms with van der Waals surface area (Å²) in [6.45, 7) is 3.07. The van der Waals surface area contributed by atoms with Crippen LogP contribution in [0.25, 0.3) is 0 Å². The van der Waals surface area contributed by atoms with Crippen LogP contribution in [0.3, 0.4) is 0 Å². The van der Waals surface area contributed by atoms with Crippen molar-refractivity contribution in [1.82, 2.24) is 5.32 Å². The fraction of sp³-hybridized carbons (Fsp3) is 0.417. The predicted molar refractivity (Wildman–Crippen MR) is 72.7 cm³/mol. The number of hydrogen-bond donors (Lipinski definition) is 3. The first-order valence-electron chi connectivity index (χ1n) is 5.58. The van der Waals surface area contributed by atoms with Crippen molar-refractivity contribution in [2.24, 2.45) is 0 Å². The van der Waals surface area contributed by atoms with Gasteiger partial charge in [0.25, 0.3) is 0 Å². The Bertz CT molecular complexity index is 487. The van der Waals surface area contributed by atoms with Crippen molar-refractivity contribution >= 4 is 34.9 Å². The smallest absolute Gasteiger partial charge is 0.305 e. The van der Waals surface area contributed by atoms with Gasteiger partial charge >= 0.3 is 5.97 Å². The van der Waals surface area contributed by atoms with Crippen LogP contribution < -0.4 is 10.6 Å². The molecular formula is C12H14Cl2N2O2. The molecule has 1 aromatic rings. The maximum atomic E-state index is 10.9. The first kappa shape index (κ1) is 13.5. The molecule has 3 N–H and O–H groups in total. The lowest BCUT2D eigenvalue weighted by Gasteiger charge is -2.43. The molecule has 1 heterocycles. The van der Waals surface area contributed by atoms with Gasteiger partial charge in [-0.25, -0.2) is 0 Å². The van der Waals surface area contributed by atoms with Crippen LogP contribution in [0.5, 0.6) is 0 Å². The SMILES string of the molecule is Cc1cc(Cl)c(NC2(CC(=O)O)CNC2)cc1Cl. The van der Waals surface area contributed by atoms with Crippen LogP contribution >= 0.6 is 23.2 Å². The summed E-state index contributed by atoms with van der Waals surface area (Å²) in [5.41, 5.74) is 1.09. The molecule has 0 unspecified atom stereocenters. The molecule has 0 amide bonds. The van der Waals surface area contributed by atoms with Crippen LogP contribution in [0.4, 0.5) is 5.69 Å². The highest BCUT2D eigenvalue weighted by Crippen LogP contribution is 2.32. The van der Waals surface area contributed by atoms with Crippen LogP contribution in [0.2, 0.25) is 10.0 Å². The Morgan fingerprint density at radius 1 is 1.44 bits per heavy atom. The largest absolute Gasteiger partial charge is 0.481 e. The van der Waals surface area contributed by atoms with Crippen LogP contribution in [-0.4, -0.2) is 29.7 Å². The molecule has 1 aliphatic heterocycles. The summed E-state index contributed by atoms with van der Waals surface area (Å²) in [5.74, 6) is -0.835. The Morgan fingerprint density at radius 2 is 2.11 bits per heavy atom. The zero-order valence-corrected chi connectivity index (χ0v) is 11.4. The highest BCUT2D eigenvalue weighted by molar-refractivity contribution is 6.35. The van der Waals surface area contributed by atoms with Crippen molar-refractivity contribution in [3.8, 4) is 0 Å². The molecule has 98 valence electrons. The van der Waals surface area contributed by atoms with E-state index in [2.05, 4.69) is 10.6 Å². The molecular weight excluding hydrogens is 275 g/mol. The lowest BCUT2D eigenvalue weighted by Crippen LogP contribution is -2.65. The monoisotopic (exact) mass is 288 g/mol. The normalized spacial score (nSPS) is 17.1. The fourth-order valence-electron chi connectivity index (χ4n) is 2.00. The van der Waals surface area contributed by atoms with Crippen LogP contribution in [0, 0.1) is 6.92 Å². The second-order valence-corrected chi connectivity index (χ2v) is 5.48. The number of carboxylic acids is 1. The highest BCUT2D eigenvalue weighted by Gasteiger charge is 2.39. The first-order valence-corrected chi connectivity index (χ1v) is 6.34. The van der Waals surface area contributed by atoms with Crippen LogP contribution in [-0.2, 0) is 4.79 Å². The van der Waals surface area contributed by atoms with Crippen molar-refractivity contribution in [3.05, 3.63) is 27.7 Å². The van der Waals surface area contributed by atoms with E-state index in [-0.39, 0.29) is 6.42 Å². The molecule has 0 saturated carbocycles. The third kappa shape index (κ3) is 2.71. The van der Waals surface area contributed by atoms with E-state index in [4.69, 9.17) is 28.3 Å². The molecule has 0 bridgehead atoms. The minimum Gasteiger partial charge on any atom is -0.481 e. The van der Waals surface area contributed by atoms with E-state index in [1.807, 2.05) is 6.92 Å². The molecule has 1 saturated heterocycles. The van der Waals surface area contributed by atoms with Crippen molar-refractivity contribution in [2.75, 3.05) is 18.4 Å².